The second kappa shape index (κ2) is 8.24. The molecule has 0 aromatic heterocycles. The molecule has 2 amide bonds. The van der Waals surface area contributed by atoms with Gasteiger partial charge < -0.3 is 15.4 Å². The fourth-order valence-electron chi connectivity index (χ4n) is 2.10. The molecule has 0 unspecified atom stereocenters. The van der Waals surface area contributed by atoms with Crippen LogP contribution < -0.4 is 15.4 Å². The van der Waals surface area contributed by atoms with E-state index in [9.17, 15) is 18.0 Å². The monoisotopic (exact) mass is 338 g/mol. The van der Waals surface area contributed by atoms with Crippen LogP contribution in [0.25, 0.3) is 0 Å². The van der Waals surface area contributed by atoms with Gasteiger partial charge in [0.2, 0.25) is 0 Å². The number of carbonyl (C=O) groups excluding carboxylic acids is 1. The zero-order chi connectivity index (χ0) is 17.5. The van der Waals surface area contributed by atoms with Gasteiger partial charge in [0.25, 0.3) is 0 Å². The van der Waals surface area contributed by atoms with E-state index in [1.807, 2.05) is 0 Å². The Balaban J connectivity index is 1.86. The molecule has 0 radical (unpaired) electrons. The number of alkyl halides is 2. The summed E-state index contributed by atoms with van der Waals surface area (Å²) in [6, 6.07) is 10.3. The molecule has 0 aliphatic rings. The van der Waals surface area contributed by atoms with Gasteiger partial charge in [-0.25, -0.2) is 9.18 Å². The predicted molar refractivity (Wildman–Crippen MR) is 83.3 cm³/mol. The summed E-state index contributed by atoms with van der Waals surface area (Å²) in [5, 5.41) is 5.17. The van der Waals surface area contributed by atoms with E-state index in [1.54, 1.807) is 37.3 Å². The Morgan fingerprint density at radius 3 is 2.54 bits per heavy atom. The van der Waals surface area contributed by atoms with Gasteiger partial charge in [-0.05, 0) is 30.2 Å². The highest BCUT2D eigenvalue weighted by Gasteiger charge is 2.10. The third-order valence-electron chi connectivity index (χ3n) is 3.30. The maximum Gasteiger partial charge on any atom is 0.387 e. The van der Waals surface area contributed by atoms with Crippen molar-refractivity contribution in [3.05, 3.63) is 65.0 Å². The summed E-state index contributed by atoms with van der Waals surface area (Å²) in [4.78, 5) is 11.8. The highest BCUT2D eigenvalue weighted by molar-refractivity contribution is 5.73. The molecule has 0 bridgehead atoms. The van der Waals surface area contributed by atoms with Crippen LogP contribution in [-0.4, -0.2) is 12.6 Å². The van der Waals surface area contributed by atoms with Crippen molar-refractivity contribution in [3.8, 4) is 5.75 Å². The molecule has 0 saturated carbocycles. The number of para-hydroxylation sites is 1. The first kappa shape index (κ1) is 17.7. The number of rotatable bonds is 6. The van der Waals surface area contributed by atoms with Crippen LogP contribution >= 0.6 is 0 Å². The molecule has 0 spiro atoms. The largest absolute Gasteiger partial charge is 0.434 e. The number of amides is 2. The molecule has 2 rings (SSSR count). The van der Waals surface area contributed by atoms with E-state index >= 15 is 0 Å². The van der Waals surface area contributed by atoms with Crippen LogP contribution in [0.15, 0.2) is 42.5 Å². The van der Waals surface area contributed by atoms with Crippen LogP contribution in [-0.2, 0) is 13.1 Å². The number of hydrogen-bond donors (Lipinski definition) is 2. The Labute approximate surface area is 137 Å². The number of halogens is 3. The second-order valence-electron chi connectivity index (χ2n) is 5.11. The van der Waals surface area contributed by atoms with Gasteiger partial charge in [-0.15, -0.1) is 0 Å². The summed E-state index contributed by atoms with van der Waals surface area (Å²) >= 11 is 0. The van der Waals surface area contributed by atoms with E-state index < -0.39 is 12.6 Å². The maximum absolute atomic E-state index is 13.2. The van der Waals surface area contributed by atoms with Gasteiger partial charge in [0, 0.05) is 18.7 Å². The zero-order valence-corrected chi connectivity index (χ0v) is 13.0. The van der Waals surface area contributed by atoms with Gasteiger partial charge >= 0.3 is 12.6 Å². The first-order valence-corrected chi connectivity index (χ1v) is 7.25. The first-order valence-electron chi connectivity index (χ1n) is 7.25. The molecule has 4 nitrogen and oxygen atoms in total. The van der Waals surface area contributed by atoms with E-state index in [1.165, 1.54) is 12.1 Å². The van der Waals surface area contributed by atoms with Crippen LogP contribution in [0.1, 0.15) is 16.7 Å². The minimum absolute atomic E-state index is 0.0157. The lowest BCUT2D eigenvalue weighted by atomic mass is 10.1. The molecule has 0 atom stereocenters. The van der Waals surface area contributed by atoms with E-state index in [0.29, 0.717) is 11.1 Å². The maximum atomic E-state index is 13.2. The molecule has 2 aromatic carbocycles. The Bertz CT molecular complexity index is 708. The quantitative estimate of drug-likeness (QED) is 0.843. The Morgan fingerprint density at radius 2 is 1.83 bits per heavy atom. The van der Waals surface area contributed by atoms with Crippen LogP contribution in [0.2, 0.25) is 0 Å². The highest BCUT2D eigenvalue weighted by atomic mass is 19.3. The molecule has 128 valence electrons. The van der Waals surface area contributed by atoms with Crippen molar-refractivity contribution in [1.82, 2.24) is 10.6 Å². The van der Waals surface area contributed by atoms with Crippen molar-refractivity contribution < 1.29 is 22.7 Å². The lowest BCUT2D eigenvalue weighted by Crippen LogP contribution is -2.34. The minimum Gasteiger partial charge on any atom is -0.434 e. The molecule has 0 heterocycles. The topological polar surface area (TPSA) is 50.4 Å². The summed E-state index contributed by atoms with van der Waals surface area (Å²) < 4.78 is 42.2. The number of benzene rings is 2. The number of ether oxygens (including phenoxy) is 1. The molecular weight excluding hydrogens is 321 g/mol. The summed E-state index contributed by atoms with van der Waals surface area (Å²) in [7, 11) is 0. The minimum atomic E-state index is -2.93. The van der Waals surface area contributed by atoms with Gasteiger partial charge in [0.1, 0.15) is 11.6 Å². The van der Waals surface area contributed by atoms with E-state index in [2.05, 4.69) is 15.4 Å². The van der Waals surface area contributed by atoms with E-state index in [4.69, 9.17) is 0 Å². The third-order valence-corrected chi connectivity index (χ3v) is 3.30. The lowest BCUT2D eigenvalue weighted by Gasteiger charge is -2.12. The van der Waals surface area contributed by atoms with Gasteiger partial charge in [-0.2, -0.15) is 8.78 Å². The van der Waals surface area contributed by atoms with Gasteiger partial charge in [-0.3, -0.25) is 0 Å². The van der Waals surface area contributed by atoms with Crippen molar-refractivity contribution in [2.75, 3.05) is 0 Å². The van der Waals surface area contributed by atoms with Crippen molar-refractivity contribution in [1.29, 1.82) is 0 Å². The first-order chi connectivity index (χ1) is 11.5. The van der Waals surface area contributed by atoms with Crippen molar-refractivity contribution >= 4 is 6.03 Å². The average Bonchev–Trinajstić information content (AvgIpc) is 2.54. The molecule has 0 fully saturated rings. The second-order valence-corrected chi connectivity index (χ2v) is 5.11. The van der Waals surface area contributed by atoms with Crippen LogP contribution in [0.4, 0.5) is 18.0 Å². The Hall–Kier alpha value is -2.70. The predicted octanol–water partition coefficient (Wildman–Crippen LogP) is 3.73. The van der Waals surface area contributed by atoms with Crippen LogP contribution in [0.5, 0.6) is 5.75 Å². The Kier molecular flexibility index (Phi) is 6.06. The molecule has 0 saturated heterocycles. The lowest BCUT2D eigenvalue weighted by molar-refractivity contribution is -0.0504. The van der Waals surface area contributed by atoms with Crippen molar-refractivity contribution in [3.63, 3.8) is 0 Å². The molecule has 2 N–H and O–H groups in total. The summed E-state index contributed by atoms with van der Waals surface area (Å²) in [5.74, 6) is -0.291. The van der Waals surface area contributed by atoms with E-state index in [0.717, 1.165) is 5.56 Å². The normalized spacial score (nSPS) is 10.5. The number of urea groups is 1. The number of carbonyl (C=O) groups is 1. The van der Waals surface area contributed by atoms with Crippen molar-refractivity contribution in [2.45, 2.75) is 26.6 Å². The summed E-state index contributed by atoms with van der Waals surface area (Å²) in [5.41, 5.74) is 1.68. The van der Waals surface area contributed by atoms with E-state index in [-0.39, 0.29) is 24.7 Å². The number of nitrogens with one attached hydrogen (secondary N) is 2. The van der Waals surface area contributed by atoms with Gasteiger partial charge in [-0.1, -0.05) is 30.3 Å². The third kappa shape index (κ3) is 5.19. The summed E-state index contributed by atoms with van der Waals surface area (Å²) in [6.07, 6.45) is 0. The zero-order valence-electron chi connectivity index (χ0n) is 13.0. The number of hydrogen-bond acceptors (Lipinski definition) is 2. The average molecular weight is 338 g/mol. The molecular formula is C17H17F3N2O2. The van der Waals surface area contributed by atoms with Crippen LogP contribution in [0, 0.1) is 12.7 Å². The molecule has 24 heavy (non-hydrogen) atoms. The standard InChI is InChI=1S/C17H17F3N2O2/c1-11-8-12(6-7-14(11)18)9-21-17(23)22-10-13-4-2-3-5-15(13)24-16(19)20/h2-8,16H,9-10H2,1H3,(H2,21,22,23). The van der Waals surface area contributed by atoms with Gasteiger partial charge in [0.05, 0.1) is 0 Å². The fraction of sp³-hybridized carbons (Fsp3) is 0.235. The smallest absolute Gasteiger partial charge is 0.387 e. The fourth-order valence-corrected chi connectivity index (χ4v) is 2.10. The Morgan fingerprint density at radius 1 is 1.12 bits per heavy atom. The molecule has 2 aromatic rings. The molecule has 0 aliphatic carbocycles. The SMILES string of the molecule is Cc1cc(CNC(=O)NCc2ccccc2OC(F)F)ccc1F. The summed E-state index contributed by atoms with van der Waals surface area (Å²) in [6.45, 7) is -1.03. The molecule has 7 heteroatoms. The number of aryl methyl sites for hydroxylation is 1. The highest BCUT2D eigenvalue weighted by Crippen LogP contribution is 2.19. The van der Waals surface area contributed by atoms with Crippen molar-refractivity contribution in [2.24, 2.45) is 0 Å². The van der Waals surface area contributed by atoms with Gasteiger partial charge in [0.15, 0.2) is 0 Å². The molecule has 0 aliphatic heterocycles. The van der Waals surface area contributed by atoms with Crippen LogP contribution in [0.3, 0.4) is 0 Å².